The third-order valence-electron chi connectivity index (χ3n) is 4.59. The Bertz CT molecular complexity index is 624. The van der Waals surface area contributed by atoms with Crippen LogP contribution in [0.25, 0.3) is 0 Å². The van der Waals surface area contributed by atoms with Crippen molar-refractivity contribution in [3.05, 3.63) is 29.6 Å². The minimum Gasteiger partial charge on any atom is -0.329 e. The first-order chi connectivity index (χ1) is 9.81. The average Bonchev–Trinajstić information content (AvgIpc) is 2.44. The third-order valence-corrected chi connectivity index (χ3v) is 6.29. The Labute approximate surface area is 138 Å². The van der Waals surface area contributed by atoms with Crippen molar-refractivity contribution in [3.8, 4) is 0 Å². The number of nitrogens with two attached hydrogens (primary N) is 1. The van der Waals surface area contributed by atoms with Crippen LogP contribution < -0.4 is 10.5 Å². The first kappa shape index (κ1) is 19.4. The van der Waals surface area contributed by atoms with Crippen LogP contribution in [0.2, 0.25) is 0 Å². The predicted molar refractivity (Wildman–Crippen MR) is 88.1 cm³/mol. The van der Waals surface area contributed by atoms with Gasteiger partial charge >= 0.3 is 0 Å². The highest BCUT2D eigenvalue weighted by atomic mass is 35.5. The van der Waals surface area contributed by atoms with Gasteiger partial charge in [-0.05, 0) is 43.4 Å². The summed E-state index contributed by atoms with van der Waals surface area (Å²) in [6.07, 6.45) is 3.70. The maximum atomic E-state index is 13.4. The van der Waals surface area contributed by atoms with Crippen molar-refractivity contribution in [2.75, 3.05) is 6.54 Å². The zero-order valence-corrected chi connectivity index (χ0v) is 14.6. The van der Waals surface area contributed by atoms with Crippen LogP contribution in [0.5, 0.6) is 0 Å². The van der Waals surface area contributed by atoms with Gasteiger partial charge in [-0.2, -0.15) is 0 Å². The highest BCUT2D eigenvalue weighted by molar-refractivity contribution is 7.89. The van der Waals surface area contributed by atoms with Gasteiger partial charge in [0.05, 0.1) is 4.90 Å². The minimum absolute atomic E-state index is 0. The van der Waals surface area contributed by atoms with E-state index in [1.807, 2.05) is 6.92 Å². The minimum atomic E-state index is -3.79. The summed E-state index contributed by atoms with van der Waals surface area (Å²) >= 11 is 0. The molecule has 1 aromatic rings. The number of benzene rings is 1. The van der Waals surface area contributed by atoms with Crippen LogP contribution in [-0.4, -0.2) is 20.5 Å². The molecule has 2 atom stereocenters. The fourth-order valence-electron chi connectivity index (χ4n) is 3.10. The van der Waals surface area contributed by atoms with E-state index in [4.69, 9.17) is 5.73 Å². The molecule has 2 unspecified atom stereocenters. The largest absolute Gasteiger partial charge is 0.329 e. The topological polar surface area (TPSA) is 72.2 Å². The lowest BCUT2D eigenvalue weighted by molar-refractivity contribution is 0.191. The van der Waals surface area contributed by atoms with E-state index in [9.17, 15) is 12.8 Å². The molecule has 1 aromatic carbocycles. The van der Waals surface area contributed by atoms with Crippen molar-refractivity contribution < 1.29 is 12.8 Å². The Morgan fingerprint density at radius 3 is 2.68 bits per heavy atom. The normalized spacial score (nSPS) is 25.5. The Balaban J connectivity index is 0.00000242. The van der Waals surface area contributed by atoms with E-state index in [2.05, 4.69) is 4.72 Å². The standard InChI is InChI=1S/C15H23FN2O2S.ClH/c1-11-6-7-13(16)9-14(11)21(19,20)18-15(10-17)8-4-3-5-12(15)2;/h6-7,9,12,18H,3-5,8,10,17H2,1-2H3;1H. The number of rotatable bonds is 4. The van der Waals surface area contributed by atoms with Crippen molar-refractivity contribution in [3.63, 3.8) is 0 Å². The molecular formula is C15H24ClFN2O2S. The van der Waals surface area contributed by atoms with Crippen molar-refractivity contribution in [2.45, 2.75) is 50.0 Å². The zero-order valence-electron chi connectivity index (χ0n) is 12.9. The van der Waals surface area contributed by atoms with Gasteiger partial charge in [0, 0.05) is 12.1 Å². The first-order valence-corrected chi connectivity index (χ1v) is 8.79. The molecule has 0 radical (unpaired) electrons. The molecule has 2 rings (SSSR count). The van der Waals surface area contributed by atoms with Gasteiger partial charge < -0.3 is 5.73 Å². The Morgan fingerprint density at radius 1 is 1.41 bits per heavy atom. The quantitative estimate of drug-likeness (QED) is 0.877. The van der Waals surface area contributed by atoms with Crippen molar-refractivity contribution in [2.24, 2.45) is 11.7 Å². The van der Waals surface area contributed by atoms with Crippen LogP contribution in [-0.2, 0) is 10.0 Å². The van der Waals surface area contributed by atoms with Gasteiger partial charge in [-0.1, -0.05) is 25.8 Å². The van der Waals surface area contributed by atoms with Gasteiger partial charge in [-0.3, -0.25) is 0 Å². The highest BCUT2D eigenvalue weighted by Crippen LogP contribution is 2.34. The zero-order chi connectivity index (χ0) is 15.7. The van der Waals surface area contributed by atoms with Gasteiger partial charge in [-0.25, -0.2) is 17.5 Å². The summed E-state index contributed by atoms with van der Waals surface area (Å²) in [5.74, 6) is -0.389. The summed E-state index contributed by atoms with van der Waals surface area (Å²) in [5, 5.41) is 0. The van der Waals surface area contributed by atoms with Crippen molar-refractivity contribution >= 4 is 22.4 Å². The van der Waals surface area contributed by atoms with E-state index < -0.39 is 21.4 Å². The molecule has 0 spiro atoms. The third kappa shape index (κ3) is 3.79. The molecule has 1 aliphatic carbocycles. The molecule has 0 aromatic heterocycles. The van der Waals surface area contributed by atoms with E-state index in [0.29, 0.717) is 5.56 Å². The van der Waals surface area contributed by atoms with Crippen LogP contribution in [0.4, 0.5) is 4.39 Å². The molecule has 7 heteroatoms. The van der Waals surface area contributed by atoms with Crippen LogP contribution in [0.3, 0.4) is 0 Å². The molecule has 1 aliphatic rings. The molecule has 1 fully saturated rings. The molecular weight excluding hydrogens is 327 g/mol. The van der Waals surface area contributed by atoms with E-state index in [-0.39, 0.29) is 29.8 Å². The molecule has 0 saturated heterocycles. The van der Waals surface area contributed by atoms with Crippen LogP contribution in [0.1, 0.15) is 38.2 Å². The van der Waals surface area contributed by atoms with E-state index >= 15 is 0 Å². The van der Waals surface area contributed by atoms with Crippen LogP contribution in [0.15, 0.2) is 23.1 Å². The first-order valence-electron chi connectivity index (χ1n) is 7.31. The number of halogens is 2. The summed E-state index contributed by atoms with van der Waals surface area (Å²) in [6, 6.07) is 3.80. The monoisotopic (exact) mass is 350 g/mol. The number of hydrogen-bond donors (Lipinski definition) is 2. The lowest BCUT2D eigenvalue weighted by atomic mass is 9.74. The van der Waals surface area contributed by atoms with Gasteiger partial charge in [-0.15, -0.1) is 12.4 Å². The SMILES string of the molecule is Cc1ccc(F)cc1S(=O)(=O)NC1(CN)CCCCC1C.Cl. The predicted octanol–water partition coefficient (Wildman–Crippen LogP) is 2.74. The van der Waals surface area contributed by atoms with Crippen LogP contribution in [0, 0.1) is 18.7 Å². The smallest absolute Gasteiger partial charge is 0.241 e. The Morgan fingerprint density at radius 2 is 2.09 bits per heavy atom. The van der Waals surface area contributed by atoms with Gasteiger partial charge in [0.25, 0.3) is 0 Å². The average molecular weight is 351 g/mol. The molecule has 0 bridgehead atoms. The molecule has 22 heavy (non-hydrogen) atoms. The van der Waals surface area contributed by atoms with Crippen molar-refractivity contribution in [1.29, 1.82) is 0 Å². The lowest BCUT2D eigenvalue weighted by Gasteiger charge is -2.42. The molecule has 0 amide bonds. The summed E-state index contributed by atoms with van der Waals surface area (Å²) in [6.45, 7) is 3.93. The highest BCUT2D eigenvalue weighted by Gasteiger charge is 2.40. The molecule has 0 aliphatic heterocycles. The summed E-state index contributed by atoms with van der Waals surface area (Å²) < 4.78 is 41.5. The fraction of sp³-hybridized carbons (Fsp3) is 0.600. The van der Waals surface area contributed by atoms with E-state index in [1.165, 1.54) is 12.1 Å². The molecule has 3 N–H and O–H groups in total. The van der Waals surface area contributed by atoms with E-state index in [0.717, 1.165) is 31.7 Å². The summed E-state index contributed by atoms with van der Waals surface area (Å²) in [7, 11) is -3.79. The second-order valence-corrected chi connectivity index (χ2v) is 7.67. The number of hydrogen-bond acceptors (Lipinski definition) is 3. The van der Waals surface area contributed by atoms with Gasteiger partial charge in [0.1, 0.15) is 5.82 Å². The molecule has 4 nitrogen and oxygen atoms in total. The lowest BCUT2D eigenvalue weighted by Crippen LogP contribution is -2.59. The molecule has 1 saturated carbocycles. The maximum absolute atomic E-state index is 13.4. The van der Waals surface area contributed by atoms with E-state index in [1.54, 1.807) is 6.92 Å². The maximum Gasteiger partial charge on any atom is 0.241 e. The number of nitrogens with one attached hydrogen (secondary N) is 1. The second kappa shape index (κ2) is 7.25. The van der Waals surface area contributed by atoms with Gasteiger partial charge in [0.15, 0.2) is 0 Å². The number of aryl methyl sites for hydroxylation is 1. The molecule has 0 heterocycles. The van der Waals surface area contributed by atoms with Crippen LogP contribution >= 0.6 is 12.4 Å². The summed E-state index contributed by atoms with van der Waals surface area (Å²) in [5.41, 5.74) is 5.78. The fourth-order valence-corrected chi connectivity index (χ4v) is 4.89. The van der Waals surface area contributed by atoms with Gasteiger partial charge in [0.2, 0.25) is 10.0 Å². The number of sulfonamides is 1. The second-order valence-electron chi connectivity index (χ2n) is 6.02. The molecule has 126 valence electrons. The summed E-state index contributed by atoms with van der Waals surface area (Å²) in [4.78, 5) is -0.00639. The Kier molecular flexibility index (Phi) is 6.38. The Hall–Kier alpha value is -0.690. The van der Waals surface area contributed by atoms with Crippen molar-refractivity contribution in [1.82, 2.24) is 4.72 Å².